The van der Waals surface area contributed by atoms with E-state index in [9.17, 15) is 4.79 Å². The van der Waals surface area contributed by atoms with Crippen molar-refractivity contribution in [3.05, 3.63) is 60.7 Å². The third-order valence-corrected chi connectivity index (χ3v) is 4.94. The first-order chi connectivity index (χ1) is 15.0. The molecule has 4 rings (SSSR count). The molecule has 158 valence electrons. The largest absolute Gasteiger partial charge is 0.394 e. The molecule has 0 unspecified atom stereocenters. The molecule has 10 heteroatoms. The summed E-state index contributed by atoms with van der Waals surface area (Å²) in [6.45, 7) is 3.88. The van der Waals surface area contributed by atoms with E-state index in [2.05, 4.69) is 32.3 Å². The number of rotatable bonds is 7. The number of fused-ring (bicyclic) bond motifs is 1. The van der Waals surface area contributed by atoms with Gasteiger partial charge in [0.1, 0.15) is 0 Å². The zero-order chi connectivity index (χ0) is 22.0. The van der Waals surface area contributed by atoms with Crippen LogP contribution in [0.3, 0.4) is 0 Å². The Morgan fingerprint density at radius 1 is 1.29 bits per heavy atom. The number of aromatic nitrogens is 5. The lowest BCUT2D eigenvalue weighted by atomic mass is 10.1. The van der Waals surface area contributed by atoms with Gasteiger partial charge in [0.15, 0.2) is 0 Å². The van der Waals surface area contributed by atoms with Crippen molar-refractivity contribution in [2.75, 3.05) is 17.2 Å². The number of halogens is 1. The van der Waals surface area contributed by atoms with Gasteiger partial charge in [0, 0.05) is 36.1 Å². The third-order valence-electron chi connectivity index (χ3n) is 4.66. The van der Waals surface area contributed by atoms with Crippen LogP contribution in [0.1, 0.15) is 0 Å². The van der Waals surface area contributed by atoms with Crippen LogP contribution >= 0.6 is 11.6 Å². The maximum Gasteiger partial charge on any atom is 0.247 e. The van der Waals surface area contributed by atoms with Gasteiger partial charge in [0.05, 0.1) is 47.5 Å². The number of benzene rings is 1. The van der Waals surface area contributed by atoms with Gasteiger partial charge >= 0.3 is 0 Å². The Balaban J connectivity index is 1.69. The van der Waals surface area contributed by atoms with Crippen LogP contribution in [0.5, 0.6) is 0 Å². The van der Waals surface area contributed by atoms with Crippen LogP contribution in [0.2, 0.25) is 5.02 Å². The smallest absolute Gasteiger partial charge is 0.247 e. The molecule has 0 aliphatic carbocycles. The van der Waals surface area contributed by atoms with E-state index in [-0.39, 0.29) is 12.5 Å². The zero-order valence-electron chi connectivity index (χ0n) is 16.7. The Bertz CT molecular complexity index is 1280. The minimum Gasteiger partial charge on any atom is -0.394 e. The highest BCUT2D eigenvalue weighted by atomic mass is 35.5. The number of aryl methyl sites for hydroxylation is 1. The molecule has 1 amide bonds. The predicted octanol–water partition coefficient (Wildman–Crippen LogP) is 3.35. The zero-order valence-corrected chi connectivity index (χ0v) is 17.5. The summed E-state index contributed by atoms with van der Waals surface area (Å²) in [7, 11) is 1.91. The van der Waals surface area contributed by atoms with Crippen molar-refractivity contribution in [3.8, 4) is 11.3 Å². The first-order valence-electron chi connectivity index (χ1n) is 9.44. The molecule has 0 bridgehead atoms. The Kier molecular flexibility index (Phi) is 5.70. The summed E-state index contributed by atoms with van der Waals surface area (Å²) in [6.07, 6.45) is 8.08. The molecule has 9 nitrogen and oxygen atoms in total. The fourth-order valence-corrected chi connectivity index (χ4v) is 3.43. The third kappa shape index (κ3) is 4.27. The summed E-state index contributed by atoms with van der Waals surface area (Å²) < 4.78 is 3.56. The normalized spacial score (nSPS) is 10.9. The van der Waals surface area contributed by atoms with Crippen LogP contribution in [-0.4, -0.2) is 41.9 Å². The molecule has 0 fully saturated rings. The van der Waals surface area contributed by atoms with E-state index in [1.165, 1.54) is 6.08 Å². The van der Waals surface area contributed by atoms with E-state index >= 15 is 0 Å². The summed E-state index contributed by atoms with van der Waals surface area (Å²) in [4.78, 5) is 20.5. The Labute approximate surface area is 183 Å². The summed E-state index contributed by atoms with van der Waals surface area (Å²) in [5.74, 6) is 0.0977. The van der Waals surface area contributed by atoms with Gasteiger partial charge in [-0.1, -0.05) is 24.2 Å². The van der Waals surface area contributed by atoms with Gasteiger partial charge in [0.25, 0.3) is 0 Å². The van der Waals surface area contributed by atoms with Crippen molar-refractivity contribution < 1.29 is 9.90 Å². The minimum absolute atomic E-state index is 0.00276. The molecule has 3 N–H and O–H groups in total. The molecule has 0 saturated carbocycles. The number of amides is 1. The molecular weight excluding hydrogens is 418 g/mol. The maximum atomic E-state index is 11.6. The van der Waals surface area contributed by atoms with Crippen LogP contribution in [0.4, 0.5) is 17.3 Å². The molecule has 4 aromatic rings. The van der Waals surface area contributed by atoms with Crippen molar-refractivity contribution in [2.24, 2.45) is 7.05 Å². The summed E-state index contributed by atoms with van der Waals surface area (Å²) in [5, 5.41) is 20.4. The van der Waals surface area contributed by atoms with Gasteiger partial charge in [-0.05, 0) is 18.2 Å². The second-order valence-electron chi connectivity index (χ2n) is 6.81. The first kappa shape index (κ1) is 20.6. The highest BCUT2D eigenvalue weighted by molar-refractivity contribution is 6.33. The molecule has 1 aromatic carbocycles. The summed E-state index contributed by atoms with van der Waals surface area (Å²) in [5.41, 5.74) is 3.69. The Hall–Kier alpha value is -3.69. The Morgan fingerprint density at radius 3 is 2.90 bits per heavy atom. The number of anilines is 3. The van der Waals surface area contributed by atoms with Crippen molar-refractivity contribution >= 4 is 45.7 Å². The van der Waals surface area contributed by atoms with Crippen LogP contribution in [0.25, 0.3) is 22.2 Å². The van der Waals surface area contributed by atoms with E-state index in [0.717, 1.165) is 16.5 Å². The van der Waals surface area contributed by atoms with E-state index in [1.54, 1.807) is 23.3 Å². The number of carbonyl (C=O) groups is 1. The quantitative estimate of drug-likeness (QED) is 0.382. The standard InChI is InChI=1S/C21H20ClN7O2/c1-3-19(31)25-13-4-5-15-16(12-28(2)18(15)8-13)20-17(22)10-23-21(27-20)26-14-9-24-29(11-14)6-7-30/h3-5,8-12,30H,1,6-7H2,2H3,(H,25,31)(H,23,26,27). The number of nitrogens with zero attached hydrogens (tertiary/aromatic N) is 5. The second kappa shape index (κ2) is 8.58. The molecule has 0 atom stereocenters. The molecule has 3 heterocycles. The average molecular weight is 438 g/mol. The van der Waals surface area contributed by atoms with E-state index in [4.69, 9.17) is 16.7 Å². The van der Waals surface area contributed by atoms with Gasteiger partial charge in [-0.15, -0.1) is 0 Å². The van der Waals surface area contributed by atoms with Crippen molar-refractivity contribution in [1.29, 1.82) is 0 Å². The van der Waals surface area contributed by atoms with E-state index in [0.29, 0.717) is 34.6 Å². The van der Waals surface area contributed by atoms with Gasteiger partial charge in [-0.3, -0.25) is 9.48 Å². The summed E-state index contributed by atoms with van der Waals surface area (Å²) >= 11 is 6.43. The number of nitrogens with one attached hydrogen (secondary N) is 2. The highest BCUT2D eigenvalue weighted by Crippen LogP contribution is 2.35. The van der Waals surface area contributed by atoms with Gasteiger partial charge in [0.2, 0.25) is 11.9 Å². The molecule has 3 aromatic heterocycles. The SMILES string of the molecule is C=CC(=O)Nc1ccc2c(-c3nc(Nc4cnn(CCO)c4)ncc3Cl)cn(C)c2c1. The van der Waals surface area contributed by atoms with Crippen LogP contribution in [0, 0.1) is 0 Å². The van der Waals surface area contributed by atoms with Crippen LogP contribution < -0.4 is 10.6 Å². The van der Waals surface area contributed by atoms with E-state index in [1.807, 2.05) is 36.0 Å². The number of hydrogen-bond donors (Lipinski definition) is 3. The minimum atomic E-state index is -0.273. The van der Waals surface area contributed by atoms with Crippen LogP contribution in [0.15, 0.2) is 55.6 Å². The van der Waals surface area contributed by atoms with Crippen molar-refractivity contribution in [2.45, 2.75) is 6.54 Å². The fourth-order valence-electron chi connectivity index (χ4n) is 3.24. The predicted molar refractivity (Wildman–Crippen MR) is 120 cm³/mol. The van der Waals surface area contributed by atoms with Gasteiger partial charge in [-0.2, -0.15) is 5.10 Å². The number of aliphatic hydroxyl groups is 1. The maximum absolute atomic E-state index is 11.6. The summed E-state index contributed by atoms with van der Waals surface area (Å²) in [6, 6.07) is 5.61. The number of hydrogen-bond acceptors (Lipinski definition) is 6. The number of aliphatic hydroxyl groups excluding tert-OH is 1. The fraction of sp³-hybridized carbons (Fsp3) is 0.143. The lowest BCUT2D eigenvalue weighted by Crippen LogP contribution is -2.07. The first-order valence-corrected chi connectivity index (χ1v) is 9.82. The highest BCUT2D eigenvalue weighted by Gasteiger charge is 2.15. The van der Waals surface area contributed by atoms with Gasteiger partial charge in [-0.25, -0.2) is 9.97 Å². The molecule has 0 aliphatic heterocycles. The monoisotopic (exact) mass is 437 g/mol. The molecule has 0 aliphatic rings. The van der Waals surface area contributed by atoms with Crippen molar-refractivity contribution in [1.82, 2.24) is 24.3 Å². The molecule has 0 radical (unpaired) electrons. The molecule has 0 saturated heterocycles. The molecular formula is C21H20ClN7O2. The molecule has 31 heavy (non-hydrogen) atoms. The van der Waals surface area contributed by atoms with Gasteiger partial charge < -0.3 is 20.3 Å². The lowest BCUT2D eigenvalue weighted by Gasteiger charge is -2.07. The lowest BCUT2D eigenvalue weighted by molar-refractivity contribution is -0.111. The van der Waals surface area contributed by atoms with Crippen LogP contribution in [-0.2, 0) is 18.4 Å². The topological polar surface area (TPSA) is 110 Å². The number of carbonyl (C=O) groups excluding carboxylic acids is 1. The Morgan fingerprint density at radius 2 is 2.13 bits per heavy atom. The van der Waals surface area contributed by atoms with E-state index < -0.39 is 0 Å². The second-order valence-corrected chi connectivity index (χ2v) is 7.22. The average Bonchev–Trinajstić information content (AvgIpc) is 3.33. The molecule has 0 spiro atoms. The van der Waals surface area contributed by atoms with Crippen molar-refractivity contribution in [3.63, 3.8) is 0 Å².